The third-order valence-corrected chi connectivity index (χ3v) is 4.67. The number of rotatable bonds is 4. The topological polar surface area (TPSA) is 108 Å². The molecule has 3 heterocycles. The Bertz CT molecular complexity index is 833. The second-order valence-corrected chi connectivity index (χ2v) is 6.43. The summed E-state index contributed by atoms with van der Waals surface area (Å²) in [5, 5.41) is 16.7. The molecule has 0 aliphatic carbocycles. The summed E-state index contributed by atoms with van der Waals surface area (Å²) < 4.78 is 1.69. The first-order valence-electron chi connectivity index (χ1n) is 8.53. The molecule has 26 heavy (non-hydrogen) atoms. The van der Waals surface area contributed by atoms with E-state index in [0.717, 1.165) is 0 Å². The van der Waals surface area contributed by atoms with Crippen molar-refractivity contribution >= 4 is 23.4 Å². The second kappa shape index (κ2) is 7.51. The molecule has 0 bridgehead atoms. The third-order valence-electron chi connectivity index (χ3n) is 4.67. The largest absolute Gasteiger partial charge is 0.480 e. The number of carbonyl (C=O) groups excluding carboxylic acids is 2. The number of hydrogen-bond donors (Lipinski definition) is 1. The van der Waals surface area contributed by atoms with Gasteiger partial charge in [0.15, 0.2) is 5.65 Å². The van der Waals surface area contributed by atoms with Gasteiger partial charge in [-0.3, -0.25) is 18.8 Å². The normalized spacial score (nSPS) is 17.7. The van der Waals surface area contributed by atoms with Crippen LogP contribution in [0.2, 0.25) is 0 Å². The zero-order valence-corrected chi connectivity index (χ0v) is 14.5. The van der Waals surface area contributed by atoms with Gasteiger partial charge in [-0.1, -0.05) is 0 Å². The second-order valence-electron chi connectivity index (χ2n) is 6.43. The Morgan fingerprint density at radius 2 is 2.08 bits per heavy atom. The molecule has 1 N–H and O–H groups in total. The summed E-state index contributed by atoms with van der Waals surface area (Å²) in [6.07, 6.45) is 5.21. The van der Waals surface area contributed by atoms with Crippen molar-refractivity contribution in [1.82, 2.24) is 24.4 Å². The number of carboxylic acids is 1. The van der Waals surface area contributed by atoms with E-state index >= 15 is 0 Å². The molecule has 2 aromatic heterocycles. The maximum absolute atomic E-state index is 12.8. The average Bonchev–Trinajstić information content (AvgIpc) is 2.94. The fourth-order valence-electron chi connectivity index (χ4n) is 3.37. The number of pyridine rings is 1. The van der Waals surface area contributed by atoms with E-state index in [1.54, 1.807) is 34.0 Å². The average molecular weight is 359 g/mol. The van der Waals surface area contributed by atoms with Crippen LogP contribution in [-0.2, 0) is 9.59 Å². The van der Waals surface area contributed by atoms with Gasteiger partial charge in [-0.05, 0) is 31.4 Å². The molecule has 1 aliphatic heterocycles. The van der Waals surface area contributed by atoms with Gasteiger partial charge >= 0.3 is 5.97 Å². The molecule has 1 saturated heterocycles. The van der Waals surface area contributed by atoms with Crippen LogP contribution in [0.1, 0.15) is 36.5 Å². The van der Waals surface area contributed by atoms with Crippen molar-refractivity contribution in [3.05, 3.63) is 30.2 Å². The molecule has 3 rings (SSSR count). The Morgan fingerprint density at radius 3 is 2.81 bits per heavy atom. The van der Waals surface area contributed by atoms with Crippen molar-refractivity contribution in [1.29, 1.82) is 0 Å². The molecule has 138 valence electrons. The van der Waals surface area contributed by atoms with Crippen molar-refractivity contribution in [2.24, 2.45) is 0 Å². The highest BCUT2D eigenvalue weighted by Gasteiger charge is 2.28. The van der Waals surface area contributed by atoms with Crippen molar-refractivity contribution in [3.8, 4) is 0 Å². The maximum atomic E-state index is 12.8. The molecule has 1 fully saturated rings. The molecule has 0 aromatic carbocycles. The molecule has 9 nitrogen and oxygen atoms in total. The Kier molecular flexibility index (Phi) is 5.15. The Hall–Kier alpha value is -2.97. The van der Waals surface area contributed by atoms with E-state index in [1.165, 1.54) is 11.8 Å². The monoisotopic (exact) mass is 359 g/mol. The maximum Gasteiger partial charge on any atom is 0.323 e. The molecular weight excluding hydrogens is 338 g/mol. The third kappa shape index (κ3) is 3.81. The van der Waals surface area contributed by atoms with E-state index < -0.39 is 5.97 Å². The quantitative estimate of drug-likeness (QED) is 0.859. The summed E-state index contributed by atoms with van der Waals surface area (Å²) >= 11 is 0. The van der Waals surface area contributed by atoms with Crippen molar-refractivity contribution < 1.29 is 19.5 Å². The van der Waals surface area contributed by atoms with Crippen LogP contribution in [0.3, 0.4) is 0 Å². The van der Waals surface area contributed by atoms with Gasteiger partial charge in [-0.15, -0.1) is 10.2 Å². The highest BCUT2D eigenvalue weighted by molar-refractivity contribution is 5.94. The lowest BCUT2D eigenvalue weighted by molar-refractivity contribution is -0.145. The van der Waals surface area contributed by atoms with E-state index in [9.17, 15) is 14.4 Å². The molecule has 0 spiro atoms. The molecule has 1 unspecified atom stereocenters. The number of carboxylic acid groups (broad SMARTS) is 1. The molecule has 1 aliphatic rings. The van der Waals surface area contributed by atoms with Crippen LogP contribution < -0.4 is 0 Å². The number of carbonyl (C=O) groups is 3. The van der Waals surface area contributed by atoms with Crippen LogP contribution in [-0.4, -0.2) is 73.0 Å². The van der Waals surface area contributed by atoms with Gasteiger partial charge in [0.1, 0.15) is 12.9 Å². The van der Waals surface area contributed by atoms with Gasteiger partial charge in [0.2, 0.25) is 5.91 Å². The molecule has 1 atom stereocenters. The number of hydrogen-bond acceptors (Lipinski definition) is 5. The molecule has 0 saturated carbocycles. The lowest BCUT2D eigenvalue weighted by Crippen LogP contribution is -2.43. The van der Waals surface area contributed by atoms with E-state index in [0.29, 0.717) is 43.6 Å². The van der Waals surface area contributed by atoms with Crippen LogP contribution in [0.15, 0.2) is 24.7 Å². The zero-order chi connectivity index (χ0) is 18.7. The van der Waals surface area contributed by atoms with Crippen LogP contribution in [0.5, 0.6) is 0 Å². The minimum absolute atomic E-state index is 0.0890. The summed E-state index contributed by atoms with van der Waals surface area (Å²) in [5.41, 5.74) is 1.22. The zero-order valence-electron chi connectivity index (χ0n) is 14.5. The lowest BCUT2D eigenvalue weighted by atomic mass is 10.1. The van der Waals surface area contributed by atoms with Gasteiger partial charge in [-0.25, -0.2) is 0 Å². The van der Waals surface area contributed by atoms with E-state index in [4.69, 9.17) is 5.11 Å². The van der Waals surface area contributed by atoms with Crippen LogP contribution in [0.25, 0.3) is 5.65 Å². The fourth-order valence-corrected chi connectivity index (χ4v) is 3.37. The predicted octanol–water partition coefficient (Wildman–Crippen LogP) is 0.657. The fraction of sp³-hybridized carbons (Fsp3) is 0.471. The Morgan fingerprint density at radius 1 is 1.27 bits per heavy atom. The van der Waals surface area contributed by atoms with Gasteiger partial charge in [0.25, 0.3) is 5.91 Å². The van der Waals surface area contributed by atoms with Crippen LogP contribution in [0, 0.1) is 0 Å². The number of likely N-dealkylation sites (tertiary alicyclic amines) is 1. The van der Waals surface area contributed by atoms with Gasteiger partial charge in [-0.2, -0.15) is 0 Å². The van der Waals surface area contributed by atoms with E-state index in [1.807, 2.05) is 0 Å². The van der Waals surface area contributed by atoms with Gasteiger partial charge in [0, 0.05) is 32.3 Å². The standard InChI is InChI=1S/C17H21N5O4/c1-12(23)22(10-16(24)25)14-3-2-7-20(8-6-14)17(26)13-4-5-15-19-18-11-21(15)9-13/h4-5,9,11,14H,2-3,6-8,10H2,1H3,(H,24,25). The van der Waals surface area contributed by atoms with Crippen molar-refractivity contribution in [2.45, 2.75) is 32.2 Å². The van der Waals surface area contributed by atoms with Crippen molar-refractivity contribution in [3.63, 3.8) is 0 Å². The number of nitrogens with zero attached hydrogens (tertiary/aromatic N) is 5. The molecule has 2 aromatic rings. The van der Waals surface area contributed by atoms with Crippen LogP contribution in [0.4, 0.5) is 0 Å². The number of amides is 2. The number of aromatic nitrogens is 3. The minimum Gasteiger partial charge on any atom is -0.480 e. The Balaban J connectivity index is 1.70. The molecule has 2 amide bonds. The molecule has 0 radical (unpaired) electrons. The highest BCUT2D eigenvalue weighted by Crippen LogP contribution is 2.19. The van der Waals surface area contributed by atoms with E-state index in [-0.39, 0.29) is 24.4 Å². The minimum atomic E-state index is -1.03. The first-order chi connectivity index (χ1) is 12.5. The predicted molar refractivity (Wildman–Crippen MR) is 91.6 cm³/mol. The number of aliphatic carboxylic acids is 1. The van der Waals surface area contributed by atoms with Gasteiger partial charge < -0.3 is 14.9 Å². The summed E-state index contributed by atoms with van der Waals surface area (Å²) in [7, 11) is 0. The van der Waals surface area contributed by atoms with Crippen LogP contribution >= 0.6 is 0 Å². The summed E-state index contributed by atoms with van der Waals surface area (Å²) in [6, 6.07) is 3.30. The summed E-state index contributed by atoms with van der Waals surface area (Å²) in [6.45, 7) is 2.13. The van der Waals surface area contributed by atoms with Crippen molar-refractivity contribution in [2.75, 3.05) is 19.6 Å². The number of fused-ring (bicyclic) bond motifs is 1. The Labute approximate surface area is 150 Å². The first-order valence-corrected chi connectivity index (χ1v) is 8.53. The molecular formula is C17H21N5O4. The molecule has 9 heteroatoms. The SMILES string of the molecule is CC(=O)N(CC(=O)O)C1CCCN(C(=O)c2ccc3nncn3c2)CC1. The lowest BCUT2D eigenvalue weighted by Gasteiger charge is -2.28. The smallest absolute Gasteiger partial charge is 0.323 e. The van der Waals surface area contributed by atoms with E-state index in [2.05, 4.69) is 10.2 Å². The summed E-state index contributed by atoms with van der Waals surface area (Å²) in [4.78, 5) is 38.8. The first kappa shape index (κ1) is 17.8. The van der Waals surface area contributed by atoms with Gasteiger partial charge in [0.05, 0.1) is 5.56 Å². The highest BCUT2D eigenvalue weighted by atomic mass is 16.4. The summed E-state index contributed by atoms with van der Waals surface area (Å²) in [5.74, 6) is -1.37.